The summed E-state index contributed by atoms with van der Waals surface area (Å²) in [5.41, 5.74) is 0.223. The third-order valence-electron chi connectivity index (χ3n) is 3.34. The van der Waals surface area contributed by atoms with Gasteiger partial charge in [-0.15, -0.1) is 0 Å². The molecule has 1 fully saturated rings. The number of rotatable bonds is 5. The number of nitrogens with zero attached hydrogens (tertiary/aromatic N) is 2. The zero-order valence-electron chi connectivity index (χ0n) is 11.4. The fourth-order valence-corrected chi connectivity index (χ4v) is 1.98. The molecule has 1 saturated heterocycles. The highest BCUT2D eigenvalue weighted by atomic mass is 16.2. The lowest BCUT2D eigenvalue weighted by atomic mass is 9.99. The number of amides is 1. The van der Waals surface area contributed by atoms with E-state index in [0.29, 0.717) is 5.92 Å². The molecule has 0 aromatic carbocycles. The van der Waals surface area contributed by atoms with Crippen LogP contribution in [0.25, 0.3) is 0 Å². The quantitative estimate of drug-likeness (QED) is 0.461. The molecular formula is C14H23N3O. The van der Waals surface area contributed by atoms with Gasteiger partial charge < -0.3 is 10.2 Å². The Morgan fingerprint density at radius 2 is 2.17 bits per heavy atom. The fraction of sp³-hybridized carbons (Fsp3) is 0.714. The number of unbranched alkanes of at least 4 members (excludes halogenated alkanes) is 1. The summed E-state index contributed by atoms with van der Waals surface area (Å²) < 4.78 is 0. The van der Waals surface area contributed by atoms with Gasteiger partial charge >= 0.3 is 0 Å². The Kier molecular flexibility index (Phi) is 6.27. The van der Waals surface area contributed by atoms with Crippen molar-refractivity contribution >= 4 is 5.91 Å². The van der Waals surface area contributed by atoms with Crippen LogP contribution in [0.2, 0.25) is 0 Å². The van der Waals surface area contributed by atoms with E-state index < -0.39 is 0 Å². The third-order valence-corrected chi connectivity index (χ3v) is 3.34. The minimum absolute atomic E-state index is 0.131. The second-order valence-electron chi connectivity index (χ2n) is 4.95. The standard InChI is InChI=1S/C14H23N3O/c1-3-4-7-16-11-13(10-15)14(18)17-8-5-12(2)6-9-17/h11-12,16H,3-9H2,1-2H3/b13-11-. The normalized spacial score (nSPS) is 17.4. The maximum Gasteiger partial charge on any atom is 0.265 e. The minimum Gasteiger partial charge on any atom is -0.390 e. The van der Waals surface area contributed by atoms with Gasteiger partial charge in [0.15, 0.2) is 0 Å². The molecule has 0 bridgehead atoms. The van der Waals surface area contributed by atoms with Crippen molar-refractivity contribution in [1.29, 1.82) is 5.26 Å². The molecule has 18 heavy (non-hydrogen) atoms. The molecule has 0 aliphatic carbocycles. The molecule has 0 atom stereocenters. The Morgan fingerprint density at radius 3 is 2.72 bits per heavy atom. The van der Waals surface area contributed by atoms with Gasteiger partial charge in [0.05, 0.1) is 0 Å². The van der Waals surface area contributed by atoms with Crippen LogP contribution in [0.5, 0.6) is 0 Å². The molecule has 1 heterocycles. The molecule has 1 amide bonds. The van der Waals surface area contributed by atoms with Crippen molar-refractivity contribution < 1.29 is 4.79 Å². The van der Waals surface area contributed by atoms with Gasteiger partial charge in [0, 0.05) is 25.8 Å². The van der Waals surface area contributed by atoms with Gasteiger partial charge in [-0.3, -0.25) is 4.79 Å². The number of carbonyl (C=O) groups is 1. The molecule has 0 saturated carbocycles. The van der Waals surface area contributed by atoms with Crippen LogP contribution >= 0.6 is 0 Å². The lowest BCUT2D eigenvalue weighted by molar-refractivity contribution is -0.128. The Bertz CT molecular complexity index is 335. The average molecular weight is 249 g/mol. The number of hydrogen-bond donors (Lipinski definition) is 1. The Balaban J connectivity index is 2.49. The summed E-state index contributed by atoms with van der Waals surface area (Å²) in [5.74, 6) is 0.555. The minimum atomic E-state index is -0.131. The summed E-state index contributed by atoms with van der Waals surface area (Å²) >= 11 is 0. The molecular weight excluding hydrogens is 226 g/mol. The van der Waals surface area contributed by atoms with Gasteiger partial charge in [-0.05, 0) is 25.2 Å². The first-order valence-electron chi connectivity index (χ1n) is 6.82. The number of nitriles is 1. The van der Waals surface area contributed by atoms with Crippen molar-refractivity contribution in [2.45, 2.75) is 39.5 Å². The number of hydrogen-bond acceptors (Lipinski definition) is 3. The van der Waals surface area contributed by atoms with E-state index in [1.165, 1.54) is 0 Å². The summed E-state index contributed by atoms with van der Waals surface area (Å²) in [7, 11) is 0. The molecule has 0 spiro atoms. The summed E-state index contributed by atoms with van der Waals surface area (Å²) in [5, 5.41) is 12.1. The van der Waals surface area contributed by atoms with E-state index in [-0.39, 0.29) is 11.5 Å². The number of carbonyl (C=O) groups excluding carboxylic acids is 1. The summed E-state index contributed by atoms with van der Waals surface area (Å²) in [6, 6.07) is 1.99. The monoisotopic (exact) mass is 249 g/mol. The number of likely N-dealkylation sites (tertiary alicyclic amines) is 1. The lowest BCUT2D eigenvalue weighted by Gasteiger charge is -2.30. The van der Waals surface area contributed by atoms with Gasteiger partial charge in [-0.1, -0.05) is 20.3 Å². The van der Waals surface area contributed by atoms with Crippen LogP contribution in [-0.2, 0) is 4.79 Å². The van der Waals surface area contributed by atoms with Gasteiger partial charge in [-0.25, -0.2) is 0 Å². The predicted molar refractivity (Wildman–Crippen MR) is 71.6 cm³/mol. The number of piperidine rings is 1. The van der Waals surface area contributed by atoms with Crippen LogP contribution in [0.4, 0.5) is 0 Å². The molecule has 1 rings (SSSR count). The molecule has 1 aliphatic rings. The van der Waals surface area contributed by atoms with Gasteiger partial charge in [-0.2, -0.15) is 5.26 Å². The fourth-order valence-electron chi connectivity index (χ4n) is 1.98. The van der Waals surface area contributed by atoms with E-state index in [1.54, 1.807) is 11.1 Å². The van der Waals surface area contributed by atoms with Gasteiger partial charge in [0.2, 0.25) is 0 Å². The molecule has 0 radical (unpaired) electrons. The van der Waals surface area contributed by atoms with E-state index in [0.717, 1.165) is 45.3 Å². The highest BCUT2D eigenvalue weighted by molar-refractivity contribution is 5.97. The summed E-state index contributed by atoms with van der Waals surface area (Å²) in [4.78, 5) is 13.9. The maximum absolute atomic E-state index is 12.1. The first-order valence-corrected chi connectivity index (χ1v) is 6.82. The third kappa shape index (κ3) is 4.40. The van der Waals surface area contributed by atoms with E-state index in [1.807, 2.05) is 6.07 Å². The van der Waals surface area contributed by atoms with Gasteiger partial charge in [0.25, 0.3) is 5.91 Å². The average Bonchev–Trinajstić information content (AvgIpc) is 2.39. The molecule has 1 N–H and O–H groups in total. The second-order valence-corrected chi connectivity index (χ2v) is 4.95. The second kappa shape index (κ2) is 7.75. The smallest absolute Gasteiger partial charge is 0.265 e. The largest absolute Gasteiger partial charge is 0.390 e. The van der Waals surface area contributed by atoms with Crippen molar-refractivity contribution in [1.82, 2.24) is 10.2 Å². The SMILES string of the molecule is CCCCN/C=C(/C#N)C(=O)N1CCC(C)CC1. The van der Waals surface area contributed by atoms with Crippen LogP contribution < -0.4 is 5.32 Å². The molecule has 0 aromatic rings. The van der Waals surface area contributed by atoms with Gasteiger partial charge in [0.1, 0.15) is 11.6 Å². The molecule has 4 heteroatoms. The van der Waals surface area contributed by atoms with Crippen molar-refractivity contribution in [2.24, 2.45) is 5.92 Å². The Morgan fingerprint density at radius 1 is 1.50 bits per heavy atom. The molecule has 4 nitrogen and oxygen atoms in total. The first-order chi connectivity index (χ1) is 8.69. The van der Waals surface area contributed by atoms with Crippen LogP contribution in [-0.4, -0.2) is 30.4 Å². The van der Waals surface area contributed by atoms with E-state index in [4.69, 9.17) is 5.26 Å². The first kappa shape index (κ1) is 14.6. The van der Waals surface area contributed by atoms with E-state index >= 15 is 0 Å². The van der Waals surface area contributed by atoms with E-state index in [9.17, 15) is 4.79 Å². The van der Waals surface area contributed by atoms with Crippen LogP contribution in [0.15, 0.2) is 11.8 Å². The van der Waals surface area contributed by atoms with Crippen LogP contribution in [0.1, 0.15) is 39.5 Å². The number of nitrogens with one attached hydrogen (secondary N) is 1. The molecule has 1 aliphatic heterocycles. The predicted octanol–water partition coefficient (Wildman–Crippen LogP) is 2.04. The van der Waals surface area contributed by atoms with Crippen molar-refractivity contribution in [2.75, 3.05) is 19.6 Å². The summed E-state index contributed by atoms with van der Waals surface area (Å²) in [6.07, 6.45) is 5.78. The zero-order chi connectivity index (χ0) is 13.4. The van der Waals surface area contributed by atoms with Crippen LogP contribution in [0.3, 0.4) is 0 Å². The molecule has 0 aromatic heterocycles. The highest BCUT2D eigenvalue weighted by Gasteiger charge is 2.22. The highest BCUT2D eigenvalue weighted by Crippen LogP contribution is 2.17. The molecule has 0 unspecified atom stereocenters. The lowest BCUT2D eigenvalue weighted by Crippen LogP contribution is -2.38. The van der Waals surface area contributed by atoms with Crippen molar-refractivity contribution in [3.8, 4) is 6.07 Å². The molecule has 100 valence electrons. The van der Waals surface area contributed by atoms with Crippen molar-refractivity contribution in [3.63, 3.8) is 0 Å². The summed E-state index contributed by atoms with van der Waals surface area (Å²) in [6.45, 7) is 6.67. The zero-order valence-corrected chi connectivity index (χ0v) is 11.4. The topological polar surface area (TPSA) is 56.1 Å². The Hall–Kier alpha value is -1.50. The van der Waals surface area contributed by atoms with E-state index in [2.05, 4.69) is 19.2 Å². The van der Waals surface area contributed by atoms with Crippen molar-refractivity contribution in [3.05, 3.63) is 11.8 Å². The Labute approximate surface area is 110 Å². The van der Waals surface area contributed by atoms with Crippen LogP contribution in [0, 0.1) is 17.2 Å². The maximum atomic E-state index is 12.1.